The van der Waals surface area contributed by atoms with Crippen molar-refractivity contribution >= 4 is 17.2 Å². The van der Waals surface area contributed by atoms with E-state index < -0.39 is 0 Å². The van der Waals surface area contributed by atoms with Crippen molar-refractivity contribution in [1.82, 2.24) is 4.90 Å². The van der Waals surface area contributed by atoms with Crippen LogP contribution in [0.4, 0.5) is 0 Å². The molecule has 3 nitrogen and oxygen atoms in total. The number of rotatable bonds is 4. The first kappa shape index (κ1) is 11.6. The maximum atomic E-state index is 11.7. The summed E-state index contributed by atoms with van der Waals surface area (Å²) in [7, 11) is 0. The Morgan fingerprint density at radius 2 is 2.25 bits per heavy atom. The number of hydrogen-bond acceptors (Lipinski definition) is 3. The van der Waals surface area contributed by atoms with Crippen LogP contribution in [0, 0.1) is 5.92 Å². The van der Waals surface area contributed by atoms with Gasteiger partial charge in [-0.3, -0.25) is 4.79 Å². The fourth-order valence-corrected chi connectivity index (χ4v) is 3.02. The largest absolute Gasteiger partial charge is 0.337 e. The van der Waals surface area contributed by atoms with Crippen LogP contribution >= 0.6 is 11.3 Å². The van der Waals surface area contributed by atoms with Crippen LogP contribution in [0.5, 0.6) is 0 Å². The fourth-order valence-electron chi connectivity index (χ4n) is 2.05. The highest BCUT2D eigenvalue weighted by molar-refractivity contribution is 7.11. The number of thiophene rings is 1. The third kappa shape index (κ3) is 2.44. The van der Waals surface area contributed by atoms with Crippen LogP contribution in [0.2, 0.25) is 0 Å². The molecule has 2 rings (SSSR count). The van der Waals surface area contributed by atoms with Crippen molar-refractivity contribution in [2.45, 2.75) is 26.3 Å². The van der Waals surface area contributed by atoms with Crippen LogP contribution in [0.1, 0.15) is 23.1 Å². The van der Waals surface area contributed by atoms with E-state index in [0.29, 0.717) is 18.9 Å². The molecule has 1 aliphatic rings. The van der Waals surface area contributed by atoms with Gasteiger partial charge in [0.15, 0.2) is 0 Å². The fraction of sp³-hybridized carbons (Fsp3) is 0.583. The van der Waals surface area contributed by atoms with Crippen molar-refractivity contribution < 1.29 is 4.79 Å². The molecule has 1 fully saturated rings. The number of carbonyl (C=O) groups excluding carboxylic acids is 1. The molecule has 1 aromatic rings. The lowest BCUT2D eigenvalue weighted by Crippen LogP contribution is -2.25. The molecule has 1 atom stereocenters. The molecule has 1 aliphatic heterocycles. The molecule has 2 N–H and O–H groups in total. The second kappa shape index (κ2) is 4.97. The number of nitrogens with zero attached hydrogens (tertiary/aromatic N) is 1. The Morgan fingerprint density at radius 1 is 1.50 bits per heavy atom. The Morgan fingerprint density at radius 3 is 2.81 bits per heavy atom. The minimum Gasteiger partial charge on any atom is -0.337 e. The SMILES string of the molecule is CCc1ccc(CN2CC(CN)CC2=O)s1. The van der Waals surface area contributed by atoms with E-state index in [9.17, 15) is 4.79 Å². The first-order valence-corrected chi connectivity index (χ1v) is 6.60. The van der Waals surface area contributed by atoms with Crippen molar-refractivity contribution in [3.8, 4) is 0 Å². The first-order chi connectivity index (χ1) is 7.72. The molecule has 2 heterocycles. The molecule has 1 aromatic heterocycles. The van der Waals surface area contributed by atoms with Crippen LogP contribution in [0.3, 0.4) is 0 Å². The molecule has 16 heavy (non-hydrogen) atoms. The van der Waals surface area contributed by atoms with Gasteiger partial charge in [0.1, 0.15) is 0 Å². The normalized spacial score (nSPS) is 20.8. The molecule has 0 aromatic carbocycles. The summed E-state index contributed by atoms with van der Waals surface area (Å²) in [6.45, 7) is 4.36. The standard InChI is InChI=1S/C12H18N2OS/c1-2-10-3-4-11(16-10)8-14-7-9(6-13)5-12(14)15/h3-4,9H,2,5-8,13H2,1H3. The molecule has 1 saturated heterocycles. The van der Waals surface area contributed by atoms with Gasteiger partial charge in [0, 0.05) is 22.7 Å². The average Bonchev–Trinajstić information content (AvgIpc) is 2.87. The van der Waals surface area contributed by atoms with Gasteiger partial charge < -0.3 is 10.6 Å². The van der Waals surface area contributed by atoms with Gasteiger partial charge in [-0.15, -0.1) is 11.3 Å². The topological polar surface area (TPSA) is 46.3 Å². The van der Waals surface area contributed by atoms with Crippen molar-refractivity contribution in [1.29, 1.82) is 0 Å². The summed E-state index contributed by atoms with van der Waals surface area (Å²) in [5, 5.41) is 0. The minimum absolute atomic E-state index is 0.252. The summed E-state index contributed by atoms with van der Waals surface area (Å²) in [6.07, 6.45) is 1.70. The molecule has 1 unspecified atom stereocenters. The van der Waals surface area contributed by atoms with Crippen molar-refractivity contribution in [3.05, 3.63) is 21.9 Å². The summed E-state index contributed by atoms with van der Waals surface area (Å²) in [4.78, 5) is 16.3. The van der Waals surface area contributed by atoms with Crippen LogP contribution in [0.25, 0.3) is 0 Å². The molecular formula is C12H18N2OS. The second-order valence-corrected chi connectivity index (χ2v) is 5.55. The summed E-state index contributed by atoms with van der Waals surface area (Å²) in [5.41, 5.74) is 5.60. The van der Waals surface area contributed by atoms with Gasteiger partial charge in [-0.05, 0) is 31.0 Å². The van der Waals surface area contributed by atoms with E-state index in [-0.39, 0.29) is 5.91 Å². The third-order valence-electron chi connectivity index (χ3n) is 3.04. The van der Waals surface area contributed by atoms with Crippen LogP contribution in [-0.2, 0) is 17.8 Å². The zero-order valence-electron chi connectivity index (χ0n) is 9.61. The highest BCUT2D eigenvalue weighted by Crippen LogP contribution is 2.23. The monoisotopic (exact) mass is 238 g/mol. The Kier molecular flexibility index (Phi) is 3.61. The predicted octanol–water partition coefficient (Wildman–Crippen LogP) is 1.62. The summed E-state index contributed by atoms with van der Waals surface area (Å²) < 4.78 is 0. The Balaban J connectivity index is 1.97. The number of aryl methyl sites for hydroxylation is 1. The zero-order chi connectivity index (χ0) is 11.5. The first-order valence-electron chi connectivity index (χ1n) is 5.78. The quantitative estimate of drug-likeness (QED) is 0.866. The lowest BCUT2D eigenvalue weighted by molar-refractivity contribution is -0.128. The Labute approximate surface area is 100 Å². The van der Waals surface area contributed by atoms with Gasteiger partial charge in [-0.1, -0.05) is 6.92 Å². The minimum atomic E-state index is 0.252. The molecule has 0 bridgehead atoms. The molecule has 0 spiro atoms. The van der Waals surface area contributed by atoms with Gasteiger partial charge in [-0.25, -0.2) is 0 Å². The maximum Gasteiger partial charge on any atom is 0.223 e. The number of nitrogens with two attached hydrogens (primary N) is 1. The highest BCUT2D eigenvalue weighted by atomic mass is 32.1. The van der Waals surface area contributed by atoms with E-state index >= 15 is 0 Å². The maximum absolute atomic E-state index is 11.7. The predicted molar refractivity (Wildman–Crippen MR) is 66.3 cm³/mol. The summed E-state index contributed by atoms with van der Waals surface area (Å²) >= 11 is 1.81. The number of amides is 1. The zero-order valence-corrected chi connectivity index (χ0v) is 10.4. The van der Waals surface area contributed by atoms with E-state index in [1.807, 2.05) is 4.90 Å². The third-order valence-corrected chi connectivity index (χ3v) is 4.25. The smallest absolute Gasteiger partial charge is 0.223 e. The highest BCUT2D eigenvalue weighted by Gasteiger charge is 2.28. The van der Waals surface area contributed by atoms with E-state index in [4.69, 9.17) is 5.73 Å². The van der Waals surface area contributed by atoms with Crippen LogP contribution < -0.4 is 5.73 Å². The number of hydrogen-bond donors (Lipinski definition) is 1. The van der Waals surface area contributed by atoms with Crippen molar-refractivity contribution in [2.75, 3.05) is 13.1 Å². The van der Waals surface area contributed by atoms with Gasteiger partial charge in [0.2, 0.25) is 5.91 Å². The Hall–Kier alpha value is -0.870. The molecule has 0 saturated carbocycles. The average molecular weight is 238 g/mol. The molecular weight excluding hydrogens is 220 g/mol. The molecule has 1 amide bonds. The van der Waals surface area contributed by atoms with Gasteiger partial charge in [-0.2, -0.15) is 0 Å². The molecule has 0 aliphatic carbocycles. The second-order valence-electron chi connectivity index (χ2n) is 4.30. The van der Waals surface area contributed by atoms with Crippen molar-refractivity contribution in [3.63, 3.8) is 0 Å². The lowest BCUT2D eigenvalue weighted by atomic mass is 10.1. The van der Waals surface area contributed by atoms with Gasteiger partial charge >= 0.3 is 0 Å². The Bertz CT molecular complexity index is 375. The van der Waals surface area contributed by atoms with E-state index in [2.05, 4.69) is 19.1 Å². The molecule has 4 heteroatoms. The number of likely N-dealkylation sites (tertiary alicyclic amines) is 1. The summed E-state index contributed by atoms with van der Waals surface area (Å²) in [6, 6.07) is 4.29. The van der Waals surface area contributed by atoms with E-state index in [1.54, 1.807) is 11.3 Å². The summed E-state index contributed by atoms with van der Waals surface area (Å²) in [5.74, 6) is 0.611. The van der Waals surface area contributed by atoms with Crippen LogP contribution in [-0.4, -0.2) is 23.9 Å². The van der Waals surface area contributed by atoms with Gasteiger partial charge in [0.25, 0.3) is 0 Å². The van der Waals surface area contributed by atoms with Gasteiger partial charge in [0.05, 0.1) is 6.54 Å². The van der Waals surface area contributed by atoms with Crippen LogP contribution in [0.15, 0.2) is 12.1 Å². The number of carbonyl (C=O) groups is 1. The molecule has 0 radical (unpaired) electrons. The molecule has 88 valence electrons. The van der Waals surface area contributed by atoms with E-state index in [1.165, 1.54) is 9.75 Å². The lowest BCUT2D eigenvalue weighted by Gasteiger charge is -2.14. The van der Waals surface area contributed by atoms with Crippen molar-refractivity contribution in [2.24, 2.45) is 11.7 Å². The van der Waals surface area contributed by atoms with E-state index in [0.717, 1.165) is 19.5 Å².